The van der Waals surface area contributed by atoms with Crippen molar-refractivity contribution in [2.75, 3.05) is 0 Å². The fourth-order valence-corrected chi connectivity index (χ4v) is 3.04. The van der Waals surface area contributed by atoms with Gasteiger partial charge in [0.1, 0.15) is 0 Å². The van der Waals surface area contributed by atoms with E-state index in [0.29, 0.717) is 0 Å². The van der Waals surface area contributed by atoms with Gasteiger partial charge in [-0.3, -0.25) is 0 Å². The lowest BCUT2D eigenvalue weighted by Gasteiger charge is -2.09. The van der Waals surface area contributed by atoms with E-state index in [0.717, 1.165) is 19.3 Å². The monoisotopic (exact) mass is 273 g/mol. The first-order valence-electron chi connectivity index (χ1n) is 7.83. The normalized spacial score (nSPS) is 10.9. The Labute approximate surface area is 127 Å². The largest absolute Gasteiger partial charge is 0.0616 e. The molecule has 0 amide bonds. The average Bonchev–Trinajstić information content (AvgIpc) is 2.55. The van der Waals surface area contributed by atoms with E-state index in [1.807, 2.05) is 6.07 Å². The van der Waals surface area contributed by atoms with Gasteiger partial charge >= 0.3 is 0 Å². The lowest BCUT2D eigenvalue weighted by atomic mass is 9.96. The SMILES string of the molecule is CCc1ccc[c]c1CCCc1cccc2ccccc12. The Morgan fingerprint density at radius 3 is 2.52 bits per heavy atom. The summed E-state index contributed by atoms with van der Waals surface area (Å²) in [6.45, 7) is 2.22. The quantitative estimate of drug-likeness (QED) is 0.585. The summed E-state index contributed by atoms with van der Waals surface area (Å²) in [6.07, 6.45) is 4.53. The summed E-state index contributed by atoms with van der Waals surface area (Å²) in [5.41, 5.74) is 4.29. The number of hydrogen-bond donors (Lipinski definition) is 0. The minimum absolute atomic E-state index is 1.10. The summed E-state index contributed by atoms with van der Waals surface area (Å²) in [6, 6.07) is 25.1. The van der Waals surface area contributed by atoms with E-state index in [9.17, 15) is 0 Å². The standard InChI is InChI=1S/C21H21/c1-2-17-9-3-4-10-18(17)12-7-13-20-15-8-14-19-11-5-6-16-21(19)20/h3-6,8-9,11,14-16H,2,7,12-13H2,1H3. The third kappa shape index (κ3) is 3.16. The van der Waals surface area contributed by atoms with Crippen molar-refractivity contribution in [3.8, 4) is 0 Å². The van der Waals surface area contributed by atoms with Crippen LogP contribution in [0.1, 0.15) is 30.0 Å². The Bertz CT molecular complexity index is 719. The van der Waals surface area contributed by atoms with Gasteiger partial charge in [-0.1, -0.05) is 67.6 Å². The molecule has 105 valence electrons. The molecule has 0 saturated heterocycles. The average molecular weight is 273 g/mol. The third-order valence-corrected chi connectivity index (χ3v) is 4.17. The van der Waals surface area contributed by atoms with Gasteiger partial charge in [0, 0.05) is 0 Å². The first-order chi connectivity index (χ1) is 10.4. The minimum atomic E-state index is 1.10. The van der Waals surface area contributed by atoms with E-state index in [1.165, 1.54) is 33.9 Å². The molecule has 0 unspecified atom stereocenters. The molecule has 0 aliphatic rings. The molecule has 0 saturated carbocycles. The number of hydrogen-bond acceptors (Lipinski definition) is 0. The molecule has 3 rings (SSSR count). The number of fused-ring (bicyclic) bond motifs is 1. The molecular weight excluding hydrogens is 252 g/mol. The predicted molar refractivity (Wildman–Crippen MR) is 90.6 cm³/mol. The molecule has 0 heterocycles. The van der Waals surface area contributed by atoms with Crippen LogP contribution in [-0.2, 0) is 19.3 Å². The second kappa shape index (κ2) is 6.58. The van der Waals surface area contributed by atoms with Crippen LogP contribution in [0.2, 0.25) is 0 Å². The van der Waals surface area contributed by atoms with Crippen molar-refractivity contribution < 1.29 is 0 Å². The van der Waals surface area contributed by atoms with Crippen molar-refractivity contribution in [2.45, 2.75) is 32.6 Å². The van der Waals surface area contributed by atoms with Crippen LogP contribution in [0.15, 0.2) is 60.7 Å². The zero-order valence-electron chi connectivity index (χ0n) is 12.6. The van der Waals surface area contributed by atoms with Gasteiger partial charge in [-0.05, 0) is 59.2 Å². The molecule has 0 heteroatoms. The van der Waals surface area contributed by atoms with E-state index in [4.69, 9.17) is 0 Å². The summed E-state index contributed by atoms with van der Waals surface area (Å²) >= 11 is 0. The number of rotatable bonds is 5. The highest BCUT2D eigenvalue weighted by atomic mass is 14.1. The van der Waals surface area contributed by atoms with Gasteiger partial charge in [0.2, 0.25) is 0 Å². The molecule has 0 spiro atoms. The summed E-state index contributed by atoms with van der Waals surface area (Å²) in [5.74, 6) is 0. The molecule has 0 bridgehead atoms. The van der Waals surface area contributed by atoms with E-state index in [1.54, 1.807) is 0 Å². The van der Waals surface area contributed by atoms with Crippen LogP contribution in [0.25, 0.3) is 10.8 Å². The van der Waals surface area contributed by atoms with Gasteiger partial charge in [-0.15, -0.1) is 0 Å². The highest BCUT2D eigenvalue weighted by Crippen LogP contribution is 2.21. The molecule has 0 aliphatic heterocycles. The summed E-state index contributed by atoms with van der Waals surface area (Å²) in [7, 11) is 0. The maximum Gasteiger partial charge on any atom is -0.0146 e. The smallest absolute Gasteiger partial charge is 0.0146 e. The highest BCUT2D eigenvalue weighted by Gasteiger charge is 2.03. The lowest BCUT2D eigenvalue weighted by Crippen LogP contribution is -1.95. The topological polar surface area (TPSA) is 0 Å². The van der Waals surface area contributed by atoms with Crippen LogP contribution < -0.4 is 0 Å². The van der Waals surface area contributed by atoms with Crippen LogP contribution in [0.5, 0.6) is 0 Å². The van der Waals surface area contributed by atoms with Crippen molar-refractivity contribution >= 4 is 10.8 Å². The highest BCUT2D eigenvalue weighted by molar-refractivity contribution is 5.85. The fraction of sp³-hybridized carbons (Fsp3) is 0.238. The van der Waals surface area contributed by atoms with E-state index >= 15 is 0 Å². The van der Waals surface area contributed by atoms with Crippen LogP contribution in [0.3, 0.4) is 0 Å². The van der Waals surface area contributed by atoms with Crippen molar-refractivity contribution in [1.29, 1.82) is 0 Å². The Balaban J connectivity index is 1.72. The zero-order chi connectivity index (χ0) is 14.5. The molecule has 21 heavy (non-hydrogen) atoms. The Morgan fingerprint density at radius 2 is 1.62 bits per heavy atom. The molecule has 0 nitrogen and oxygen atoms in total. The van der Waals surface area contributed by atoms with Gasteiger partial charge in [0.25, 0.3) is 0 Å². The first-order valence-corrected chi connectivity index (χ1v) is 7.83. The van der Waals surface area contributed by atoms with Crippen LogP contribution in [0.4, 0.5) is 0 Å². The van der Waals surface area contributed by atoms with E-state index < -0.39 is 0 Å². The number of aryl methyl sites for hydroxylation is 3. The van der Waals surface area contributed by atoms with Crippen LogP contribution in [0, 0.1) is 6.07 Å². The molecule has 1 radical (unpaired) electrons. The van der Waals surface area contributed by atoms with Crippen molar-refractivity contribution in [3.63, 3.8) is 0 Å². The van der Waals surface area contributed by atoms with Crippen molar-refractivity contribution in [1.82, 2.24) is 0 Å². The predicted octanol–water partition coefficient (Wildman–Crippen LogP) is 5.38. The Kier molecular flexibility index (Phi) is 4.35. The molecule has 3 aromatic carbocycles. The van der Waals surface area contributed by atoms with Crippen LogP contribution in [-0.4, -0.2) is 0 Å². The molecule has 0 fully saturated rings. The van der Waals surface area contributed by atoms with Crippen molar-refractivity contribution in [3.05, 3.63) is 83.4 Å². The minimum Gasteiger partial charge on any atom is -0.0616 e. The lowest BCUT2D eigenvalue weighted by molar-refractivity contribution is 0.814. The van der Waals surface area contributed by atoms with Gasteiger partial charge < -0.3 is 0 Å². The molecule has 0 atom stereocenters. The van der Waals surface area contributed by atoms with Gasteiger partial charge in [0.15, 0.2) is 0 Å². The second-order valence-electron chi connectivity index (χ2n) is 5.52. The zero-order valence-corrected chi connectivity index (χ0v) is 12.6. The van der Waals surface area contributed by atoms with Crippen molar-refractivity contribution in [2.24, 2.45) is 0 Å². The Hall–Kier alpha value is -2.08. The Morgan fingerprint density at radius 1 is 0.810 bits per heavy atom. The first kappa shape index (κ1) is 13.9. The molecule has 3 aromatic rings. The van der Waals surface area contributed by atoms with Crippen LogP contribution >= 0.6 is 0 Å². The van der Waals surface area contributed by atoms with Gasteiger partial charge in [-0.25, -0.2) is 0 Å². The fourth-order valence-electron chi connectivity index (χ4n) is 3.04. The molecular formula is C21H21. The van der Waals surface area contributed by atoms with Gasteiger partial charge in [-0.2, -0.15) is 0 Å². The number of benzene rings is 3. The van der Waals surface area contributed by atoms with E-state index in [-0.39, 0.29) is 0 Å². The van der Waals surface area contributed by atoms with Gasteiger partial charge in [0.05, 0.1) is 0 Å². The maximum absolute atomic E-state index is 3.41. The molecule has 0 aliphatic carbocycles. The molecule has 0 aromatic heterocycles. The van der Waals surface area contributed by atoms with E-state index in [2.05, 4.69) is 67.6 Å². The molecule has 0 N–H and O–H groups in total. The summed E-state index contributed by atoms with van der Waals surface area (Å²) in [5, 5.41) is 2.74. The maximum atomic E-state index is 3.41. The summed E-state index contributed by atoms with van der Waals surface area (Å²) in [4.78, 5) is 0. The summed E-state index contributed by atoms with van der Waals surface area (Å²) < 4.78 is 0. The third-order valence-electron chi connectivity index (χ3n) is 4.17. The second-order valence-corrected chi connectivity index (χ2v) is 5.52.